The van der Waals surface area contributed by atoms with Gasteiger partial charge in [-0.3, -0.25) is 10.1 Å². The second-order valence-electron chi connectivity index (χ2n) is 6.48. The Bertz CT molecular complexity index is 730. The van der Waals surface area contributed by atoms with Crippen molar-refractivity contribution in [3.05, 3.63) is 57.8 Å². The summed E-state index contributed by atoms with van der Waals surface area (Å²) in [6.07, 6.45) is 3.32. The van der Waals surface area contributed by atoms with Crippen LogP contribution in [0.1, 0.15) is 34.9 Å². The first-order valence-electron chi connectivity index (χ1n) is 8.63. The molecule has 0 spiro atoms. The first-order chi connectivity index (χ1) is 12.1. The molecule has 1 unspecified atom stereocenters. The highest BCUT2D eigenvalue weighted by atomic mass is 32.1. The molecule has 0 bridgehead atoms. The van der Waals surface area contributed by atoms with Crippen LogP contribution in [0.4, 0.5) is 4.79 Å². The van der Waals surface area contributed by atoms with Crippen LogP contribution in [0.15, 0.2) is 41.8 Å². The average Bonchev–Trinajstić information content (AvgIpc) is 3.13. The molecule has 0 fully saturated rings. The number of amides is 3. The third-order valence-corrected chi connectivity index (χ3v) is 5.54. The lowest BCUT2D eigenvalue weighted by Crippen LogP contribution is -3.10. The molecule has 6 heteroatoms. The number of urea groups is 1. The Morgan fingerprint density at radius 1 is 1.24 bits per heavy atom. The summed E-state index contributed by atoms with van der Waals surface area (Å²) >= 11 is 1.58. The molecule has 3 amide bonds. The van der Waals surface area contributed by atoms with Crippen LogP contribution in [0.2, 0.25) is 0 Å². The highest BCUT2D eigenvalue weighted by Gasteiger charge is 2.28. The van der Waals surface area contributed by atoms with Crippen LogP contribution in [-0.2, 0) is 17.8 Å². The quantitative estimate of drug-likeness (QED) is 0.761. The molecular weight excluding hydrogens is 334 g/mol. The Hall–Kier alpha value is -2.18. The number of nitrogens with one attached hydrogen (secondary N) is 3. The fourth-order valence-corrected chi connectivity index (χ4v) is 4.08. The zero-order chi connectivity index (χ0) is 17.6. The van der Waals surface area contributed by atoms with Gasteiger partial charge >= 0.3 is 6.03 Å². The van der Waals surface area contributed by atoms with E-state index >= 15 is 0 Å². The number of fused-ring (bicyclic) bond motifs is 1. The molecule has 0 radical (unpaired) electrons. The number of likely N-dealkylation sites (N-methyl/N-ethyl adjacent to an activating group) is 1. The Morgan fingerprint density at radius 2 is 2.08 bits per heavy atom. The second-order valence-corrected chi connectivity index (χ2v) is 7.51. The molecule has 25 heavy (non-hydrogen) atoms. The van der Waals surface area contributed by atoms with Gasteiger partial charge in [0.25, 0.3) is 5.91 Å². The normalized spacial score (nSPS) is 17.4. The summed E-state index contributed by atoms with van der Waals surface area (Å²) in [7, 11) is 2.02. The summed E-state index contributed by atoms with van der Waals surface area (Å²) in [5.41, 5.74) is 2.72. The molecule has 5 nitrogen and oxygen atoms in total. The molecule has 0 saturated heterocycles. The van der Waals surface area contributed by atoms with Crippen LogP contribution in [-0.4, -0.2) is 25.5 Å². The molecule has 1 aromatic heterocycles. The highest BCUT2D eigenvalue weighted by Crippen LogP contribution is 2.27. The first kappa shape index (κ1) is 17.6. The van der Waals surface area contributed by atoms with Gasteiger partial charge in [-0.05, 0) is 29.9 Å². The predicted molar refractivity (Wildman–Crippen MR) is 98.6 cm³/mol. The van der Waals surface area contributed by atoms with Crippen molar-refractivity contribution in [1.82, 2.24) is 10.6 Å². The van der Waals surface area contributed by atoms with E-state index in [-0.39, 0.29) is 12.5 Å². The van der Waals surface area contributed by atoms with Crippen LogP contribution in [0.5, 0.6) is 0 Å². The number of imide groups is 1. The predicted octanol–water partition coefficient (Wildman–Crippen LogP) is 1.67. The maximum atomic E-state index is 12.2. The molecule has 2 aromatic rings. The minimum absolute atomic E-state index is 0.246. The molecule has 132 valence electrons. The second kappa shape index (κ2) is 8.27. The van der Waals surface area contributed by atoms with Crippen molar-refractivity contribution >= 4 is 23.3 Å². The first-order valence-corrected chi connectivity index (χ1v) is 9.51. The zero-order valence-electron chi connectivity index (χ0n) is 14.4. The van der Waals surface area contributed by atoms with Crippen LogP contribution < -0.4 is 15.5 Å². The van der Waals surface area contributed by atoms with E-state index < -0.39 is 6.03 Å². The van der Waals surface area contributed by atoms with Crippen LogP contribution in [0, 0.1) is 0 Å². The molecule has 1 aliphatic rings. The van der Waals surface area contributed by atoms with Gasteiger partial charge in [0.05, 0.1) is 13.6 Å². The smallest absolute Gasteiger partial charge is 0.321 e. The average molecular weight is 358 g/mol. The van der Waals surface area contributed by atoms with E-state index in [0.717, 1.165) is 29.0 Å². The van der Waals surface area contributed by atoms with Crippen molar-refractivity contribution in [3.63, 3.8) is 0 Å². The van der Waals surface area contributed by atoms with Crippen molar-refractivity contribution in [3.8, 4) is 0 Å². The fourth-order valence-electron chi connectivity index (χ4n) is 3.44. The standard InChI is InChI=1S/C19H23N3O2S/c1-22(17-10-4-7-14-6-2-3-9-16(14)17)13-18(23)21-19(24)20-12-15-8-5-11-25-15/h2-3,5-6,8-9,11,17H,4,7,10,12-13H2,1H3,(H2,20,21,23,24)/p+1/t17-/m1/s1. The molecular formula is C19H24N3O2S+. The number of carbonyl (C=O) groups is 2. The number of thiophene rings is 1. The number of rotatable bonds is 5. The van der Waals surface area contributed by atoms with E-state index in [1.54, 1.807) is 11.3 Å². The maximum absolute atomic E-state index is 12.2. The molecule has 1 aromatic carbocycles. The summed E-state index contributed by atoms with van der Waals surface area (Å²) < 4.78 is 0. The molecule has 1 heterocycles. The monoisotopic (exact) mass is 358 g/mol. The van der Waals surface area contributed by atoms with Crippen molar-refractivity contribution in [2.45, 2.75) is 31.8 Å². The summed E-state index contributed by atoms with van der Waals surface area (Å²) in [6, 6.07) is 12.2. The van der Waals surface area contributed by atoms with E-state index in [1.165, 1.54) is 11.1 Å². The molecule has 3 rings (SSSR count). The van der Waals surface area contributed by atoms with Crippen molar-refractivity contribution in [1.29, 1.82) is 0 Å². The van der Waals surface area contributed by atoms with Gasteiger partial charge in [0.2, 0.25) is 0 Å². The Kier molecular flexibility index (Phi) is 5.83. The fraction of sp³-hybridized carbons (Fsp3) is 0.368. The molecule has 1 aliphatic carbocycles. The topological polar surface area (TPSA) is 62.6 Å². The van der Waals surface area contributed by atoms with Gasteiger partial charge in [0, 0.05) is 16.9 Å². The van der Waals surface area contributed by atoms with Crippen LogP contribution >= 0.6 is 11.3 Å². The SMILES string of the molecule is C[NH+](CC(=O)NC(=O)NCc1cccs1)[C@@H]1CCCc2ccccc21. The number of benzene rings is 1. The van der Waals surface area contributed by atoms with Crippen molar-refractivity contribution in [2.24, 2.45) is 0 Å². The minimum Gasteiger partial charge on any atom is -0.333 e. The van der Waals surface area contributed by atoms with Gasteiger partial charge < -0.3 is 10.2 Å². The van der Waals surface area contributed by atoms with Gasteiger partial charge in [-0.15, -0.1) is 11.3 Å². The third kappa shape index (κ3) is 4.67. The minimum atomic E-state index is -0.435. The Labute approximate surface area is 152 Å². The third-order valence-electron chi connectivity index (χ3n) is 4.66. The molecule has 0 saturated carbocycles. The van der Waals surface area contributed by atoms with E-state index in [2.05, 4.69) is 34.9 Å². The lowest BCUT2D eigenvalue weighted by Gasteiger charge is -2.30. The summed E-state index contributed by atoms with van der Waals surface area (Å²) in [5.74, 6) is -0.246. The van der Waals surface area contributed by atoms with Crippen LogP contribution in [0.3, 0.4) is 0 Å². The van der Waals surface area contributed by atoms with Crippen molar-refractivity contribution < 1.29 is 14.5 Å². The van der Waals surface area contributed by atoms with E-state index in [0.29, 0.717) is 12.6 Å². The molecule has 2 atom stereocenters. The summed E-state index contributed by atoms with van der Waals surface area (Å²) in [5, 5.41) is 7.10. The van der Waals surface area contributed by atoms with E-state index in [1.807, 2.05) is 24.6 Å². The molecule has 3 N–H and O–H groups in total. The van der Waals surface area contributed by atoms with Gasteiger partial charge in [0.15, 0.2) is 6.54 Å². The lowest BCUT2D eigenvalue weighted by atomic mass is 9.87. The summed E-state index contributed by atoms with van der Waals surface area (Å²) in [4.78, 5) is 26.2. The van der Waals surface area contributed by atoms with Gasteiger partial charge in [-0.2, -0.15) is 0 Å². The zero-order valence-corrected chi connectivity index (χ0v) is 15.2. The van der Waals surface area contributed by atoms with E-state index in [4.69, 9.17) is 0 Å². The van der Waals surface area contributed by atoms with E-state index in [9.17, 15) is 9.59 Å². The Balaban J connectivity index is 1.50. The van der Waals surface area contributed by atoms with Gasteiger partial charge in [-0.25, -0.2) is 4.79 Å². The Morgan fingerprint density at radius 3 is 2.88 bits per heavy atom. The van der Waals surface area contributed by atoms with Crippen LogP contribution in [0.25, 0.3) is 0 Å². The number of quaternary nitrogens is 1. The number of hydrogen-bond acceptors (Lipinski definition) is 3. The number of aryl methyl sites for hydroxylation is 1. The maximum Gasteiger partial charge on any atom is 0.321 e. The lowest BCUT2D eigenvalue weighted by molar-refractivity contribution is -0.905. The largest absolute Gasteiger partial charge is 0.333 e. The van der Waals surface area contributed by atoms with Gasteiger partial charge in [-0.1, -0.05) is 30.3 Å². The van der Waals surface area contributed by atoms with Gasteiger partial charge in [0.1, 0.15) is 6.04 Å². The van der Waals surface area contributed by atoms with Crippen molar-refractivity contribution in [2.75, 3.05) is 13.6 Å². The highest BCUT2D eigenvalue weighted by molar-refractivity contribution is 7.09. The number of carbonyl (C=O) groups excluding carboxylic acids is 2. The summed E-state index contributed by atoms with van der Waals surface area (Å²) in [6.45, 7) is 0.723. The number of hydrogen-bond donors (Lipinski definition) is 3. The molecule has 0 aliphatic heterocycles.